The van der Waals surface area contributed by atoms with E-state index in [9.17, 15) is 0 Å². The van der Waals surface area contributed by atoms with Crippen LogP contribution in [0.3, 0.4) is 0 Å². The van der Waals surface area contributed by atoms with Crippen LogP contribution in [0.25, 0.3) is 0 Å². The fourth-order valence-corrected chi connectivity index (χ4v) is 0. The van der Waals surface area contributed by atoms with E-state index in [1.165, 1.54) is 0 Å². The fourth-order valence-electron chi connectivity index (χ4n) is 0. The van der Waals surface area contributed by atoms with Crippen LogP contribution < -0.4 is 19.2 Å². The standard InChI is InChI=1S/Al.Ba.O4Si/c;;1-5(2,3)4/q+3;+2;-4. The zero-order valence-corrected chi connectivity index (χ0v) is 10.0. The quantitative estimate of drug-likeness (QED) is 0.404. The minimum Gasteiger partial charge on any atom is -0.894 e. The molecule has 0 aromatic rings. The molecular weight excluding hydrogens is 256 g/mol. The van der Waals surface area contributed by atoms with Crippen LogP contribution in [0.4, 0.5) is 0 Å². The van der Waals surface area contributed by atoms with Crippen molar-refractivity contribution in [3.63, 3.8) is 0 Å². The smallest absolute Gasteiger partial charge is 0.894 e. The van der Waals surface area contributed by atoms with Gasteiger partial charge in [-0.05, 0) is 0 Å². The Bertz CT molecular complexity index is 27.2. The topological polar surface area (TPSA) is 92.2 Å². The first-order valence-electron chi connectivity index (χ1n) is 0.816. The molecule has 0 saturated carbocycles. The Labute approximate surface area is 92.9 Å². The third-order valence-corrected chi connectivity index (χ3v) is 0. The Hall–Kier alpha value is 2.16. The largest absolute Gasteiger partial charge is 3.00 e. The van der Waals surface area contributed by atoms with E-state index < -0.39 is 9.05 Å². The molecule has 0 radical (unpaired) electrons. The average molecular weight is 256 g/mol. The first kappa shape index (κ1) is 16.1. The van der Waals surface area contributed by atoms with Crippen LogP contribution in [0.1, 0.15) is 0 Å². The predicted octanol–water partition coefficient (Wildman–Crippen LogP) is -5.90. The SMILES string of the molecule is [Al+3].[Ba+2].[O-][Si]([O-])([O-])[O-]. The second-order valence-corrected chi connectivity index (χ2v) is 1.50. The van der Waals surface area contributed by atoms with Crippen molar-refractivity contribution in [2.45, 2.75) is 0 Å². The van der Waals surface area contributed by atoms with Gasteiger partial charge in [0.2, 0.25) is 0 Å². The van der Waals surface area contributed by atoms with Crippen LogP contribution in [0.15, 0.2) is 0 Å². The van der Waals surface area contributed by atoms with Crippen molar-refractivity contribution in [1.29, 1.82) is 0 Å². The van der Waals surface area contributed by atoms with Gasteiger partial charge in [0.1, 0.15) is 0 Å². The molecule has 0 rings (SSSR count). The average Bonchev–Trinajstić information content (AvgIpc) is 0.722. The summed E-state index contributed by atoms with van der Waals surface area (Å²) in [5.41, 5.74) is 0. The Kier molecular flexibility index (Phi) is 14.4. The van der Waals surface area contributed by atoms with Gasteiger partial charge < -0.3 is 28.2 Å². The molecule has 0 aliphatic carbocycles. The summed E-state index contributed by atoms with van der Waals surface area (Å²) in [4.78, 5) is 34.3. The van der Waals surface area contributed by atoms with Gasteiger partial charge in [-0.3, -0.25) is 0 Å². The molecule has 0 N–H and O–H groups in total. The van der Waals surface area contributed by atoms with Crippen molar-refractivity contribution in [2.75, 3.05) is 0 Å². The molecule has 0 spiro atoms. The molecule has 7 heavy (non-hydrogen) atoms. The van der Waals surface area contributed by atoms with Gasteiger partial charge in [-0.25, -0.2) is 0 Å². The Morgan fingerprint density at radius 1 is 0.857 bits per heavy atom. The molecule has 0 amide bonds. The van der Waals surface area contributed by atoms with Crippen LogP contribution >= 0.6 is 0 Å². The van der Waals surface area contributed by atoms with E-state index in [0.717, 1.165) is 0 Å². The van der Waals surface area contributed by atoms with Crippen molar-refractivity contribution < 1.29 is 19.2 Å². The molecule has 0 aromatic carbocycles. The third kappa shape index (κ3) is 66.3. The normalized spacial score (nSPS) is 8.57. The zero-order chi connectivity index (χ0) is 4.50. The van der Waals surface area contributed by atoms with Crippen LogP contribution in [-0.2, 0) is 0 Å². The van der Waals surface area contributed by atoms with Gasteiger partial charge in [0.25, 0.3) is 0 Å². The molecule has 0 unspecified atom stereocenters. The Balaban J connectivity index is -0.0000000800. The van der Waals surface area contributed by atoms with Gasteiger partial charge in [-0.2, -0.15) is 0 Å². The molecule has 0 aliphatic heterocycles. The summed E-state index contributed by atoms with van der Waals surface area (Å²) in [5.74, 6) is 0. The summed E-state index contributed by atoms with van der Waals surface area (Å²) >= 11 is 0. The summed E-state index contributed by atoms with van der Waals surface area (Å²) in [6, 6.07) is 0. The van der Waals surface area contributed by atoms with Crippen molar-refractivity contribution in [3.8, 4) is 0 Å². The monoisotopic (exact) mass is 257 g/mol. The van der Waals surface area contributed by atoms with Gasteiger partial charge >= 0.3 is 66.2 Å². The van der Waals surface area contributed by atoms with Gasteiger partial charge in [0.15, 0.2) is 0 Å². The van der Waals surface area contributed by atoms with Crippen molar-refractivity contribution in [3.05, 3.63) is 0 Å². The van der Waals surface area contributed by atoms with E-state index in [-0.39, 0.29) is 66.2 Å². The number of hydrogen-bond acceptors (Lipinski definition) is 4. The second kappa shape index (κ2) is 6.28. The minimum atomic E-state index is -5.61. The summed E-state index contributed by atoms with van der Waals surface area (Å²) in [6.07, 6.45) is 0. The van der Waals surface area contributed by atoms with E-state index in [0.29, 0.717) is 0 Å². The molecule has 32 valence electrons. The van der Waals surface area contributed by atoms with Crippen LogP contribution in [-0.4, -0.2) is 75.3 Å². The Morgan fingerprint density at radius 2 is 0.857 bits per heavy atom. The number of hydrogen-bond donors (Lipinski definition) is 0. The van der Waals surface area contributed by atoms with Gasteiger partial charge in [-0.1, -0.05) is 0 Å². The molecule has 0 fully saturated rings. The molecular formula is AlBaO4Si+. The summed E-state index contributed by atoms with van der Waals surface area (Å²) in [5, 5.41) is 0. The van der Waals surface area contributed by atoms with Crippen LogP contribution in [0.5, 0.6) is 0 Å². The van der Waals surface area contributed by atoms with Gasteiger partial charge in [0.05, 0.1) is 0 Å². The van der Waals surface area contributed by atoms with E-state index in [1.54, 1.807) is 0 Å². The van der Waals surface area contributed by atoms with Crippen molar-refractivity contribution in [2.24, 2.45) is 0 Å². The summed E-state index contributed by atoms with van der Waals surface area (Å²) in [7, 11) is -5.61. The molecule has 0 aliphatic rings. The van der Waals surface area contributed by atoms with Gasteiger partial charge in [-0.15, -0.1) is 0 Å². The van der Waals surface area contributed by atoms with Crippen LogP contribution in [0.2, 0.25) is 0 Å². The fraction of sp³-hybridized carbons (Fsp3) is 0. The molecule has 0 bridgehead atoms. The molecule has 7 heteroatoms. The first-order valence-corrected chi connectivity index (χ1v) is 2.45. The minimum absolute atomic E-state index is 0. The molecule has 0 atom stereocenters. The Morgan fingerprint density at radius 3 is 0.857 bits per heavy atom. The maximum atomic E-state index is 8.58. The maximum Gasteiger partial charge on any atom is 3.00 e. The van der Waals surface area contributed by atoms with Crippen molar-refractivity contribution in [1.82, 2.24) is 0 Å². The third-order valence-electron chi connectivity index (χ3n) is 0. The van der Waals surface area contributed by atoms with E-state index in [2.05, 4.69) is 0 Å². The predicted molar refractivity (Wildman–Crippen MR) is 17.3 cm³/mol. The maximum absolute atomic E-state index is 8.58. The zero-order valence-electron chi connectivity index (χ0n) is 3.42. The van der Waals surface area contributed by atoms with Crippen LogP contribution in [0, 0.1) is 0 Å². The molecule has 4 nitrogen and oxygen atoms in total. The molecule has 0 heterocycles. The van der Waals surface area contributed by atoms with Crippen molar-refractivity contribution >= 4 is 75.3 Å². The van der Waals surface area contributed by atoms with E-state index in [4.69, 9.17) is 19.2 Å². The molecule has 0 aromatic heterocycles. The number of rotatable bonds is 0. The second-order valence-electron chi connectivity index (χ2n) is 0.500. The molecule has 0 saturated heterocycles. The van der Waals surface area contributed by atoms with E-state index >= 15 is 0 Å². The first-order chi connectivity index (χ1) is 2.00. The summed E-state index contributed by atoms with van der Waals surface area (Å²) in [6.45, 7) is 0. The summed E-state index contributed by atoms with van der Waals surface area (Å²) < 4.78 is 0. The van der Waals surface area contributed by atoms with E-state index in [1.807, 2.05) is 0 Å². The van der Waals surface area contributed by atoms with Gasteiger partial charge in [0, 0.05) is 0 Å².